The first kappa shape index (κ1) is 12.9. The summed E-state index contributed by atoms with van der Waals surface area (Å²) in [5.41, 5.74) is 7.02. The van der Waals surface area contributed by atoms with Gasteiger partial charge in [-0.1, -0.05) is 12.1 Å². The molecule has 0 radical (unpaired) electrons. The number of para-hydroxylation sites is 1. The zero-order valence-corrected chi connectivity index (χ0v) is 10.9. The molecule has 0 amide bonds. The Bertz CT molecular complexity index is 871. The van der Waals surface area contributed by atoms with Gasteiger partial charge in [-0.05, 0) is 24.3 Å². The van der Waals surface area contributed by atoms with Crippen LogP contribution in [0.3, 0.4) is 0 Å². The minimum atomic E-state index is -0.462. The third-order valence-corrected chi connectivity index (χ3v) is 3.03. The molecule has 4 nitrogen and oxygen atoms in total. The number of halogens is 1. The lowest BCUT2D eigenvalue weighted by Crippen LogP contribution is -1.96. The van der Waals surface area contributed by atoms with E-state index in [4.69, 9.17) is 10.5 Å². The number of ether oxygens (including phenoxy) is 1. The number of aromatic nitrogens is 1. The summed E-state index contributed by atoms with van der Waals surface area (Å²) < 4.78 is 19.0. The molecule has 2 N–H and O–H groups in total. The van der Waals surface area contributed by atoms with Crippen molar-refractivity contribution < 1.29 is 9.13 Å². The molecule has 0 bridgehead atoms. The molecule has 0 fully saturated rings. The van der Waals surface area contributed by atoms with Gasteiger partial charge in [0.05, 0.1) is 11.2 Å². The van der Waals surface area contributed by atoms with Gasteiger partial charge in [0.1, 0.15) is 17.4 Å². The van der Waals surface area contributed by atoms with Crippen molar-refractivity contribution in [2.75, 3.05) is 5.73 Å². The molecule has 0 aliphatic carbocycles. The summed E-state index contributed by atoms with van der Waals surface area (Å²) in [5.74, 6) is 0.0272. The molecule has 102 valence electrons. The minimum Gasteiger partial charge on any atom is -0.453 e. The number of nitrogens with two attached hydrogens (primary N) is 1. The summed E-state index contributed by atoms with van der Waals surface area (Å²) in [5, 5.41) is 9.87. The highest BCUT2D eigenvalue weighted by atomic mass is 19.1. The summed E-state index contributed by atoms with van der Waals surface area (Å²) in [6, 6.07) is 13.1. The lowest BCUT2D eigenvalue weighted by Gasteiger charge is -2.12. The van der Waals surface area contributed by atoms with Gasteiger partial charge in [-0.3, -0.25) is 4.98 Å². The molecule has 0 saturated heterocycles. The van der Waals surface area contributed by atoms with Crippen LogP contribution in [0.2, 0.25) is 0 Å². The van der Waals surface area contributed by atoms with E-state index in [1.54, 1.807) is 12.1 Å². The van der Waals surface area contributed by atoms with Gasteiger partial charge in [0.2, 0.25) is 0 Å². The second kappa shape index (κ2) is 5.10. The lowest BCUT2D eigenvalue weighted by molar-refractivity contribution is 0.482. The molecule has 5 heteroatoms. The van der Waals surface area contributed by atoms with Crippen molar-refractivity contribution in [2.24, 2.45) is 0 Å². The number of pyridine rings is 1. The topological polar surface area (TPSA) is 71.9 Å². The molecule has 3 aromatic rings. The number of hydrogen-bond donors (Lipinski definition) is 1. The number of nitrogen functional groups attached to an aromatic ring is 1. The Labute approximate surface area is 120 Å². The molecule has 3 rings (SSSR count). The van der Waals surface area contributed by atoms with E-state index in [1.165, 1.54) is 24.4 Å². The van der Waals surface area contributed by atoms with Crippen LogP contribution < -0.4 is 10.5 Å². The van der Waals surface area contributed by atoms with Crippen molar-refractivity contribution in [3.8, 4) is 17.6 Å². The van der Waals surface area contributed by atoms with E-state index in [0.29, 0.717) is 22.3 Å². The van der Waals surface area contributed by atoms with Gasteiger partial charge in [0, 0.05) is 17.6 Å². The van der Waals surface area contributed by atoms with Gasteiger partial charge >= 0.3 is 0 Å². The molecule has 0 aliphatic rings. The first-order chi connectivity index (χ1) is 10.2. The molecule has 0 aliphatic heterocycles. The van der Waals surface area contributed by atoms with E-state index < -0.39 is 5.82 Å². The Balaban J connectivity index is 2.19. The second-order valence-electron chi connectivity index (χ2n) is 4.41. The molecule has 1 heterocycles. The average Bonchev–Trinajstić information content (AvgIpc) is 2.51. The summed E-state index contributed by atoms with van der Waals surface area (Å²) in [4.78, 5) is 4.19. The van der Waals surface area contributed by atoms with Crippen LogP contribution in [0, 0.1) is 17.1 Å². The van der Waals surface area contributed by atoms with E-state index in [9.17, 15) is 9.65 Å². The van der Waals surface area contributed by atoms with Crippen LogP contribution in [0.15, 0.2) is 48.7 Å². The van der Waals surface area contributed by atoms with Crippen LogP contribution in [-0.4, -0.2) is 4.98 Å². The smallest absolute Gasteiger partial charge is 0.156 e. The maximum Gasteiger partial charge on any atom is 0.156 e. The van der Waals surface area contributed by atoms with E-state index in [2.05, 4.69) is 4.98 Å². The number of hydrogen-bond acceptors (Lipinski definition) is 4. The molecule has 0 saturated carbocycles. The molecular weight excluding hydrogens is 269 g/mol. The molecule has 0 atom stereocenters. The van der Waals surface area contributed by atoms with Crippen LogP contribution in [0.1, 0.15) is 5.56 Å². The number of benzene rings is 2. The lowest BCUT2D eigenvalue weighted by atomic mass is 10.1. The summed E-state index contributed by atoms with van der Waals surface area (Å²) in [6.45, 7) is 0. The van der Waals surface area contributed by atoms with Gasteiger partial charge in [0.15, 0.2) is 11.5 Å². The quantitative estimate of drug-likeness (QED) is 0.727. The van der Waals surface area contributed by atoms with Crippen molar-refractivity contribution in [1.29, 1.82) is 5.26 Å². The fourth-order valence-corrected chi connectivity index (χ4v) is 2.01. The summed E-state index contributed by atoms with van der Waals surface area (Å²) in [6.07, 6.45) is 1.42. The molecule has 1 aromatic heterocycles. The van der Waals surface area contributed by atoms with Crippen LogP contribution in [0.4, 0.5) is 10.1 Å². The summed E-state index contributed by atoms with van der Waals surface area (Å²) >= 11 is 0. The normalized spacial score (nSPS) is 10.3. The predicted octanol–water partition coefficient (Wildman–Crippen LogP) is 3.62. The average molecular weight is 279 g/mol. The molecule has 0 unspecified atom stereocenters. The Morgan fingerprint density at radius 1 is 1.19 bits per heavy atom. The SMILES string of the molecule is N#Cc1cnc2ccccc2c1Oc1cc(F)ccc1N. The third-order valence-electron chi connectivity index (χ3n) is 3.03. The standard InChI is InChI=1S/C16H10FN3O/c17-11-5-6-13(19)15(7-11)21-16-10(8-18)9-20-14-4-2-1-3-12(14)16/h1-7,9H,19H2. The molecule has 0 spiro atoms. The second-order valence-corrected chi connectivity index (χ2v) is 4.41. The zero-order chi connectivity index (χ0) is 14.8. The largest absolute Gasteiger partial charge is 0.453 e. The van der Waals surface area contributed by atoms with Gasteiger partial charge in [-0.15, -0.1) is 0 Å². The van der Waals surface area contributed by atoms with Crippen LogP contribution >= 0.6 is 0 Å². The van der Waals surface area contributed by atoms with Gasteiger partial charge < -0.3 is 10.5 Å². The Kier molecular flexibility index (Phi) is 3.13. The third kappa shape index (κ3) is 2.35. The number of rotatable bonds is 2. The number of nitrogens with zero attached hydrogens (tertiary/aromatic N) is 2. The van der Waals surface area contributed by atoms with Crippen LogP contribution in [0.5, 0.6) is 11.5 Å². The van der Waals surface area contributed by atoms with Crippen molar-refractivity contribution in [2.45, 2.75) is 0 Å². The minimum absolute atomic E-state index is 0.169. The maximum absolute atomic E-state index is 13.3. The Morgan fingerprint density at radius 2 is 2.00 bits per heavy atom. The fraction of sp³-hybridized carbons (Fsp3) is 0. The van der Waals surface area contributed by atoms with E-state index in [0.717, 1.165) is 0 Å². The van der Waals surface area contributed by atoms with E-state index in [1.807, 2.05) is 18.2 Å². The Morgan fingerprint density at radius 3 is 2.81 bits per heavy atom. The van der Waals surface area contributed by atoms with Crippen LogP contribution in [-0.2, 0) is 0 Å². The summed E-state index contributed by atoms with van der Waals surface area (Å²) in [7, 11) is 0. The van der Waals surface area contributed by atoms with Crippen molar-refractivity contribution in [1.82, 2.24) is 4.98 Å². The first-order valence-corrected chi connectivity index (χ1v) is 6.20. The van der Waals surface area contributed by atoms with Gasteiger partial charge in [-0.2, -0.15) is 5.26 Å². The van der Waals surface area contributed by atoms with Crippen molar-refractivity contribution >= 4 is 16.6 Å². The number of nitriles is 1. The zero-order valence-electron chi connectivity index (χ0n) is 10.9. The van der Waals surface area contributed by atoms with Crippen molar-refractivity contribution in [3.05, 3.63) is 60.0 Å². The Hall–Kier alpha value is -3.13. The van der Waals surface area contributed by atoms with Gasteiger partial charge in [-0.25, -0.2) is 4.39 Å². The fourth-order valence-electron chi connectivity index (χ4n) is 2.01. The predicted molar refractivity (Wildman–Crippen MR) is 77.3 cm³/mol. The molecule has 21 heavy (non-hydrogen) atoms. The highest BCUT2D eigenvalue weighted by molar-refractivity contribution is 5.87. The van der Waals surface area contributed by atoms with Crippen LogP contribution in [0.25, 0.3) is 10.9 Å². The van der Waals surface area contributed by atoms with Gasteiger partial charge in [0.25, 0.3) is 0 Å². The number of fused-ring (bicyclic) bond motifs is 1. The first-order valence-electron chi connectivity index (χ1n) is 6.20. The highest BCUT2D eigenvalue weighted by Gasteiger charge is 2.13. The van der Waals surface area contributed by atoms with E-state index in [-0.39, 0.29) is 11.3 Å². The maximum atomic E-state index is 13.3. The van der Waals surface area contributed by atoms with E-state index >= 15 is 0 Å². The monoisotopic (exact) mass is 279 g/mol. The van der Waals surface area contributed by atoms with Crippen molar-refractivity contribution in [3.63, 3.8) is 0 Å². The molecule has 2 aromatic carbocycles. The molecular formula is C16H10FN3O. The number of anilines is 1. The highest BCUT2D eigenvalue weighted by Crippen LogP contribution is 2.34.